The average molecular weight is 835 g/mol. The molecule has 0 radical (unpaired) electrons. The van der Waals surface area contributed by atoms with E-state index < -0.39 is 46.1 Å². The Bertz CT molecular complexity index is 903. The molecule has 2 aliphatic carbocycles. The largest absolute Gasteiger partial charge is 0.394 e. The molecule has 0 bridgehead atoms. The van der Waals surface area contributed by atoms with Crippen molar-refractivity contribution in [2.24, 2.45) is 39.9 Å². The maximum absolute atomic E-state index is 14.4. The second-order valence-electron chi connectivity index (χ2n) is 18.3. The standard InChI is InChI=1S/C13H25F3.C12H25F.C8H13F3.C7H13F.C5H9F3/c1-6-10(7-2)12(5,13(14,15)16)11(8-3)9-4;1-6-10(7-2)12(5,13)11(8-3)9-4;1-7(8(9,10)11)5-3-2-4-6-7;1-7(8)5-3-2-4-6-7;1-4(2,3)5(6,7)8/h10-11H,6-9H2,1-5H3;10-11H,6-9H2,1-5H3;2-6H2,1H3;2-6H2,1H3;1-3H3. The van der Waals surface area contributed by atoms with E-state index >= 15 is 0 Å². The molecule has 2 aliphatic rings. The summed E-state index contributed by atoms with van der Waals surface area (Å²) < 4.78 is 139. The SMILES string of the molecule is CC(C)(C)C(F)(F)F.CC1(C(F)(F)F)CCCCC1.CC1(F)CCCCC1.CCC(CC)C(C)(C(CC)CC)C(F)(F)F.CCC(CC)C(C)(F)C(CC)CC. The van der Waals surface area contributed by atoms with Crippen LogP contribution in [-0.4, -0.2) is 29.9 Å². The molecule has 0 aromatic rings. The summed E-state index contributed by atoms with van der Waals surface area (Å²) in [6.45, 7) is 25.5. The van der Waals surface area contributed by atoms with Gasteiger partial charge in [-0.25, -0.2) is 8.78 Å². The van der Waals surface area contributed by atoms with Crippen LogP contribution in [0.2, 0.25) is 0 Å². The van der Waals surface area contributed by atoms with Crippen LogP contribution in [0.1, 0.15) is 219 Å². The molecule has 0 aliphatic heterocycles. The maximum atomic E-state index is 14.4. The average Bonchev–Trinajstić information content (AvgIpc) is 3.06. The second kappa shape index (κ2) is 25.8. The highest BCUT2D eigenvalue weighted by molar-refractivity contribution is 4.93. The predicted octanol–water partition coefficient (Wildman–Crippen LogP) is 18.8. The van der Waals surface area contributed by atoms with Crippen molar-refractivity contribution in [3.05, 3.63) is 0 Å². The number of hydrogen-bond acceptors (Lipinski definition) is 0. The molecule has 0 amide bonds. The van der Waals surface area contributed by atoms with Crippen molar-refractivity contribution < 1.29 is 48.3 Å². The first-order valence-electron chi connectivity index (χ1n) is 21.8. The summed E-state index contributed by atoms with van der Waals surface area (Å²) in [6.07, 6.45) is 2.13. The third-order valence-corrected chi connectivity index (χ3v) is 13.2. The molecule has 0 aromatic heterocycles. The number of rotatable bonds is 12. The van der Waals surface area contributed by atoms with Crippen LogP contribution in [0.25, 0.3) is 0 Å². The number of halogens is 11. The Kier molecular flexibility index (Phi) is 27.4. The van der Waals surface area contributed by atoms with Crippen molar-refractivity contribution in [2.45, 2.75) is 249 Å². The van der Waals surface area contributed by atoms with Crippen LogP contribution in [0.5, 0.6) is 0 Å². The van der Waals surface area contributed by atoms with E-state index in [4.69, 9.17) is 0 Å². The van der Waals surface area contributed by atoms with E-state index in [-0.39, 0.29) is 23.7 Å². The summed E-state index contributed by atoms with van der Waals surface area (Å²) in [5, 5.41) is 0. The van der Waals surface area contributed by atoms with Gasteiger partial charge in [-0.15, -0.1) is 0 Å². The third kappa shape index (κ3) is 19.5. The quantitative estimate of drug-likeness (QED) is 0.172. The molecule has 0 N–H and O–H groups in total. The first kappa shape index (κ1) is 59.5. The first-order chi connectivity index (χ1) is 25.2. The van der Waals surface area contributed by atoms with E-state index in [0.717, 1.165) is 91.4 Å². The molecule has 2 saturated carbocycles. The minimum atomic E-state index is -4.10. The van der Waals surface area contributed by atoms with Crippen LogP contribution in [0, 0.1) is 39.9 Å². The topological polar surface area (TPSA) is 0 Å². The van der Waals surface area contributed by atoms with Crippen molar-refractivity contribution in [2.75, 3.05) is 0 Å². The molecule has 2 rings (SSSR count). The number of alkyl halides is 11. The fraction of sp³-hybridized carbons (Fsp3) is 1.00. The van der Waals surface area contributed by atoms with Gasteiger partial charge in [-0.1, -0.05) is 180 Å². The van der Waals surface area contributed by atoms with Crippen LogP contribution >= 0.6 is 0 Å². The molecule has 0 atom stereocenters. The van der Waals surface area contributed by atoms with Gasteiger partial charge in [0.05, 0.1) is 16.2 Å². The zero-order chi connectivity index (χ0) is 45.0. The zero-order valence-corrected chi connectivity index (χ0v) is 38.2. The smallest absolute Gasteiger partial charge is 0.244 e. The normalized spacial score (nSPS) is 17.9. The minimum Gasteiger partial charge on any atom is -0.244 e. The molecule has 0 spiro atoms. The maximum Gasteiger partial charge on any atom is 0.394 e. The summed E-state index contributed by atoms with van der Waals surface area (Å²) in [5.74, 6) is -0.0652. The number of hydrogen-bond donors (Lipinski definition) is 0. The van der Waals surface area contributed by atoms with E-state index in [1.807, 2.05) is 27.7 Å². The lowest BCUT2D eigenvalue weighted by Gasteiger charge is -2.44. The highest BCUT2D eigenvalue weighted by Gasteiger charge is 2.57. The van der Waals surface area contributed by atoms with Gasteiger partial charge >= 0.3 is 18.5 Å². The van der Waals surface area contributed by atoms with Gasteiger partial charge in [0, 0.05) is 0 Å². The second-order valence-corrected chi connectivity index (χ2v) is 18.3. The van der Waals surface area contributed by atoms with Crippen molar-refractivity contribution >= 4 is 0 Å². The van der Waals surface area contributed by atoms with Gasteiger partial charge in [0.2, 0.25) is 0 Å². The molecule has 0 unspecified atom stereocenters. The van der Waals surface area contributed by atoms with Crippen LogP contribution in [0.15, 0.2) is 0 Å². The van der Waals surface area contributed by atoms with E-state index in [1.54, 1.807) is 13.8 Å². The summed E-state index contributed by atoms with van der Waals surface area (Å²) in [4.78, 5) is 0. The fourth-order valence-corrected chi connectivity index (χ4v) is 8.48. The minimum absolute atomic E-state index is 0.234. The van der Waals surface area contributed by atoms with Gasteiger partial charge in [0.1, 0.15) is 11.3 Å². The van der Waals surface area contributed by atoms with Gasteiger partial charge in [0.15, 0.2) is 0 Å². The zero-order valence-electron chi connectivity index (χ0n) is 38.2. The van der Waals surface area contributed by atoms with Gasteiger partial charge in [-0.05, 0) is 63.2 Å². The lowest BCUT2D eigenvalue weighted by Crippen LogP contribution is -2.47. The van der Waals surface area contributed by atoms with Crippen LogP contribution in [0.3, 0.4) is 0 Å². The lowest BCUT2D eigenvalue weighted by atomic mass is 9.63. The lowest BCUT2D eigenvalue weighted by molar-refractivity contribution is -0.258. The molecule has 2 fully saturated rings. The summed E-state index contributed by atoms with van der Waals surface area (Å²) >= 11 is 0. The summed E-state index contributed by atoms with van der Waals surface area (Å²) in [5.41, 5.74) is -6.26. The molecule has 0 saturated heterocycles. The van der Waals surface area contributed by atoms with Gasteiger partial charge in [-0.3, -0.25) is 0 Å². The van der Waals surface area contributed by atoms with Crippen LogP contribution in [-0.2, 0) is 0 Å². The van der Waals surface area contributed by atoms with E-state index in [1.165, 1.54) is 20.3 Å². The Balaban J connectivity index is -0.000000642. The Morgan fingerprint density at radius 3 is 0.804 bits per heavy atom. The van der Waals surface area contributed by atoms with E-state index in [2.05, 4.69) is 27.7 Å². The summed E-state index contributed by atoms with van der Waals surface area (Å²) in [6, 6.07) is 0. The van der Waals surface area contributed by atoms with Crippen LogP contribution in [0.4, 0.5) is 48.3 Å². The van der Waals surface area contributed by atoms with Crippen molar-refractivity contribution in [3.63, 3.8) is 0 Å². The molecule has 0 aromatic carbocycles. The Morgan fingerprint density at radius 2 is 0.661 bits per heavy atom. The highest BCUT2D eigenvalue weighted by Crippen LogP contribution is 2.54. The molecular weight excluding hydrogens is 749 g/mol. The van der Waals surface area contributed by atoms with Gasteiger partial charge in [-0.2, -0.15) is 39.5 Å². The fourth-order valence-electron chi connectivity index (χ4n) is 8.48. The summed E-state index contributed by atoms with van der Waals surface area (Å²) in [7, 11) is 0. The Morgan fingerprint density at radius 1 is 0.411 bits per heavy atom. The van der Waals surface area contributed by atoms with Crippen molar-refractivity contribution in [3.8, 4) is 0 Å². The molecule has 0 nitrogen and oxygen atoms in total. The highest BCUT2D eigenvalue weighted by atomic mass is 19.4. The van der Waals surface area contributed by atoms with E-state index in [0.29, 0.717) is 38.5 Å². The Hall–Kier alpha value is -0.770. The molecule has 56 heavy (non-hydrogen) atoms. The first-order valence-corrected chi connectivity index (χ1v) is 21.8. The van der Waals surface area contributed by atoms with Crippen molar-refractivity contribution in [1.29, 1.82) is 0 Å². The van der Waals surface area contributed by atoms with Crippen LogP contribution < -0.4 is 0 Å². The molecule has 0 heterocycles. The molecular formula is C45H85F11. The molecule has 342 valence electrons. The monoisotopic (exact) mass is 835 g/mol. The van der Waals surface area contributed by atoms with Crippen molar-refractivity contribution in [1.82, 2.24) is 0 Å². The van der Waals surface area contributed by atoms with Gasteiger partial charge in [0.25, 0.3) is 0 Å². The van der Waals surface area contributed by atoms with Gasteiger partial charge < -0.3 is 0 Å². The third-order valence-electron chi connectivity index (χ3n) is 13.2. The molecule has 11 heteroatoms. The Labute approximate surface area is 337 Å². The predicted molar refractivity (Wildman–Crippen MR) is 215 cm³/mol. The van der Waals surface area contributed by atoms with E-state index in [9.17, 15) is 48.3 Å².